The van der Waals surface area contributed by atoms with Crippen molar-refractivity contribution in [3.8, 4) is 0 Å². The van der Waals surface area contributed by atoms with Crippen LogP contribution in [0.25, 0.3) is 11.0 Å². The number of para-hydroxylation sites is 2. The van der Waals surface area contributed by atoms with Gasteiger partial charge in [-0.15, -0.1) is 0 Å². The number of hydrogen-bond acceptors (Lipinski definition) is 3. The smallest absolute Gasteiger partial charge is 0.112 e. The first-order valence-electron chi connectivity index (χ1n) is 4.75. The van der Waals surface area contributed by atoms with Crippen LogP contribution in [0.1, 0.15) is 20.3 Å². The highest BCUT2D eigenvalue weighted by Gasteiger charge is 1.90. The predicted octanol–water partition coefficient (Wildman–Crippen LogP) is 1.70. The van der Waals surface area contributed by atoms with Crippen LogP contribution in [0.5, 0.6) is 0 Å². The van der Waals surface area contributed by atoms with E-state index in [-0.39, 0.29) is 0 Å². The molecule has 0 amide bonds. The second-order valence-electron chi connectivity index (χ2n) is 3.20. The van der Waals surface area contributed by atoms with Crippen LogP contribution in [-0.2, 0) is 0 Å². The number of benzene rings is 1. The second kappa shape index (κ2) is 5.34. The molecule has 1 atom stereocenters. The second-order valence-corrected chi connectivity index (χ2v) is 3.20. The predicted molar refractivity (Wildman–Crippen MR) is 57.8 cm³/mol. The van der Waals surface area contributed by atoms with Crippen LogP contribution in [0.2, 0.25) is 0 Å². The first-order chi connectivity index (χ1) is 6.74. The number of aromatic amines is 1. The molecule has 2 rings (SSSR count). The summed E-state index contributed by atoms with van der Waals surface area (Å²) in [6, 6.07) is 8.09. The zero-order valence-electron chi connectivity index (χ0n) is 8.57. The van der Waals surface area contributed by atoms with Crippen molar-refractivity contribution in [3.63, 3.8) is 0 Å². The molecule has 3 N–H and O–H groups in total. The monoisotopic (exact) mass is 192 g/mol. The van der Waals surface area contributed by atoms with E-state index >= 15 is 0 Å². The molecule has 0 saturated carbocycles. The largest absolute Gasteiger partial charge is 0.328 e. The summed E-state index contributed by atoms with van der Waals surface area (Å²) in [6.07, 6.45) is 1.08. The third kappa shape index (κ3) is 3.14. The molecule has 1 heterocycles. The van der Waals surface area contributed by atoms with E-state index in [4.69, 9.17) is 5.73 Å². The van der Waals surface area contributed by atoms with Gasteiger partial charge >= 0.3 is 0 Å². The molecular formula is C10H16N4. The molecule has 76 valence electrons. The Bertz CT molecular complexity index is 337. The Morgan fingerprint density at radius 1 is 1.29 bits per heavy atom. The molecule has 0 bridgehead atoms. The van der Waals surface area contributed by atoms with Gasteiger partial charge in [-0.3, -0.25) is 0 Å². The van der Waals surface area contributed by atoms with E-state index in [1.165, 1.54) is 0 Å². The minimum atomic E-state index is 0.384. The highest BCUT2D eigenvalue weighted by atomic mass is 15.3. The molecule has 2 aromatic rings. The molecular weight excluding hydrogens is 176 g/mol. The Balaban J connectivity index is 0.000000171. The van der Waals surface area contributed by atoms with Crippen molar-refractivity contribution in [1.29, 1.82) is 0 Å². The highest BCUT2D eigenvalue weighted by Crippen LogP contribution is 2.03. The summed E-state index contributed by atoms with van der Waals surface area (Å²) < 4.78 is 0. The summed E-state index contributed by atoms with van der Waals surface area (Å²) >= 11 is 0. The molecule has 0 spiro atoms. The summed E-state index contributed by atoms with van der Waals surface area (Å²) in [6.45, 7) is 4.07. The Morgan fingerprint density at radius 3 is 2.07 bits per heavy atom. The lowest BCUT2D eigenvalue weighted by molar-refractivity contribution is 0.715. The number of nitrogens with zero attached hydrogens (tertiary/aromatic N) is 2. The van der Waals surface area contributed by atoms with E-state index in [1.54, 1.807) is 0 Å². The summed E-state index contributed by atoms with van der Waals surface area (Å²) in [7, 11) is 0. The summed E-state index contributed by atoms with van der Waals surface area (Å²) in [5, 5.41) is 10.3. The van der Waals surface area contributed by atoms with Crippen molar-refractivity contribution in [2.24, 2.45) is 5.73 Å². The van der Waals surface area contributed by atoms with E-state index < -0.39 is 0 Å². The standard InChI is InChI=1S/C6H5N3.C4H11N/c1-2-4-6-5(3-1)7-9-8-6;1-3-4(2)5/h1-4H,(H,7,8,9);4H,3,5H2,1-2H3. The van der Waals surface area contributed by atoms with Gasteiger partial charge in [0.05, 0.1) is 0 Å². The number of H-pyrrole nitrogens is 1. The van der Waals surface area contributed by atoms with Crippen molar-refractivity contribution < 1.29 is 0 Å². The number of nitrogens with one attached hydrogen (secondary N) is 1. The van der Waals surface area contributed by atoms with Crippen molar-refractivity contribution in [2.75, 3.05) is 0 Å². The minimum Gasteiger partial charge on any atom is -0.328 e. The Morgan fingerprint density at radius 2 is 1.71 bits per heavy atom. The van der Waals surface area contributed by atoms with Crippen molar-refractivity contribution in [1.82, 2.24) is 15.4 Å². The fourth-order valence-corrected chi connectivity index (χ4v) is 0.786. The molecule has 1 unspecified atom stereocenters. The van der Waals surface area contributed by atoms with Gasteiger partial charge in [-0.05, 0) is 25.5 Å². The third-order valence-electron chi connectivity index (χ3n) is 1.87. The molecule has 0 aliphatic heterocycles. The minimum absolute atomic E-state index is 0.384. The quantitative estimate of drug-likeness (QED) is 0.722. The SMILES string of the molecule is CCC(C)N.c1ccc2n[nH]nc2c1. The van der Waals surface area contributed by atoms with Gasteiger partial charge in [0.25, 0.3) is 0 Å². The molecule has 1 aromatic heterocycles. The van der Waals surface area contributed by atoms with E-state index in [2.05, 4.69) is 22.3 Å². The van der Waals surface area contributed by atoms with Gasteiger partial charge in [0.15, 0.2) is 0 Å². The topological polar surface area (TPSA) is 67.6 Å². The molecule has 0 aliphatic rings. The number of rotatable bonds is 1. The van der Waals surface area contributed by atoms with Crippen LogP contribution < -0.4 is 5.73 Å². The maximum absolute atomic E-state index is 5.29. The zero-order chi connectivity index (χ0) is 10.4. The number of fused-ring (bicyclic) bond motifs is 1. The Labute approximate surface area is 83.5 Å². The van der Waals surface area contributed by atoms with Crippen LogP contribution in [0.15, 0.2) is 24.3 Å². The first kappa shape index (κ1) is 10.7. The molecule has 4 nitrogen and oxygen atoms in total. The summed E-state index contributed by atoms with van der Waals surface area (Å²) in [5.74, 6) is 0. The molecule has 4 heteroatoms. The molecule has 1 aromatic carbocycles. The fraction of sp³-hybridized carbons (Fsp3) is 0.400. The molecule has 0 saturated heterocycles. The van der Waals surface area contributed by atoms with Crippen LogP contribution in [-0.4, -0.2) is 21.5 Å². The van der Waals surface area contributed by atoms with E-state index in [0.29, 0.717) is 6.04 Å². The summed E-state index contributed by atoms with van der Waals surface area (Å²) in [5.41, 5.74) is 7.12. The first-order valence-corrected chi connectivity index (χ1v) is 4.75. The number of hydrogen-bond donors (Lipinski definition) is 2. The van der Waals surface area contributed by atoms with Crippen LogP contribution in [0, 0.1) is 0 Å². The third-order valence-corrected chi connectivity index (χ3v) is 1.87. The molecule has 0 fully saturated rings. The van der Waals surface area contributed by atoms with Gasteiger partial charge in [-0.25, -0.2) is 0 Å². The van der Waals surface area contributed by atoms with Gasteiger partial charge in [0.2, 0.25) is 0 Å². The maximum Gasteiger partial charge on any atom is 0.112 e. The lowest BCUT2D eigenvalue weighted by Crippen LogP contribution is -2.11. The fourth-order valence-electron chi connectivity index (χ4n) is 0.786. The Kier molecular flexibility index (Phi) is 4.07. The average Bonchev–Trinajstić information content (AvgIpc) is 2.66. The molecule has 0 radical (unpaired) electrons. The molecule has 14 heavy (non-hydrogen) atoms. The van der Waals surface area contributed by atoms with E-state index in [0.717, 1.165) is 17.5 Å². The van der Waals surface area contributed by atoms with Crippen molar-refractivity contribution in [2.45, 2.75) is 26.3 Å². The number of nitrogens with two attached hydrogens (primary N) is 1. The summed E-state index contributed by atoms with van der Waals surface area (Å²) in [4.78, 5) is 0. The average molecular weight is 192 g/mol. The number of aromatic nitrogens is 3. The maximum atomic E-state index is 5.29. The zero-order valence-corrected chi connectivity index (χ0v) is 8.57. The van der Waals surface area contributed by atoms with Crippen LogP contribution in [0.3, 0.4) is 0 Å². The lowest BCUT2D eigenvalue weighted by atomic mass is 10.3. The van der Waals surface area contributed by atoms with Crippen molar-refractivity contribution in [3.05, 3.63) is 24.3 Å². The molecule has 0 aliphatic carbocycles. The normalized spacial score (nSPS) is 11.9. The van der Waals surface area contributed by atoms with Crippen LogP contribution in [0.4, 0.5) is 0 Å². The van der Waals surface area contributed by atoms with Gasteiger partial charge in [-0.1, -0.05) is 19.1 Å². The van der Waals surface area contributed by atoms with Gasteiger partial charge < -0.3 is 5.73 Å². The lowest BCUT2D eigenvalue weighted by Gasteiger charge is -1.91. The van der Waals surface area contributed by atoms with E-state index in [9.17, 15) is 0 Å². The van der Waals surface area contributed by atoms with E-state index in [1.807, 2.05) is 31.2 Å². The van der Waals surface area contributed by atoms with Gasteiger partial charge in [0.1, 0.15) is 11.0 Å². The van der Waals surface area contributed by atoms with Crippen LogP contribution >= 0.6 is 0 Å². The van der Waals surface area contributed by atoms with Crippen molar-refractivity contribution >= 4 is 11.0 Å². The Hall–Kier alpha value is -1.42. The highest BCUT2D eigenvalue weighted by molar-refractivity contribution is 5.72. The van der Waals surface area contributed by atoms with Gasteiger partial charge in [-0.2, -0.15) is 15.4 Å². The van der Waals surface area contributed by atoms with Gasteiger partial charge in [0, 0.05) is 6.04 Å².